The summed E-state index contributed by atoms with van der Waals surface area (Å²) in [7, 11) is 0.393. The lowest BCUT2D eigenvalue weighted by molar-refractivity contribution is 0.213. The van der Waals surface area contributed by atoms with Gasteiger partial charge in [-0.2, -0.15) is 0 Å². The van der Waals surface area contributed by atoms with E-state index in [1.807, 2.05) is 38.1 Å². The molecule has 2 atom stereocenters. The molecule has 2 unspecified atom stereocenters. The first kappa shape index (κ1) is 20.0. The summed E-state index contributed by atoms with van der Waals surface area (Å²) in [4.78, 5) is 1.96. The number of anilines is 1. The van der Waals surface area contributed by atoms with Gasteiger partial charge in [0.2, 0.25) is 0 Å². The highest BCUT2D eigenvalue weighted by Gasteiger charge is 2.36. The fraction of sp³-hybridized carbons (Fsp3) is 0.368. The summed E-state index contributed by atoms with van der Waals surface area (Å²) in [6.45, 7) is 2.38. The number of hydrogen-bond acceptors (Lipinski definition) is 4. The van der Waals surface area contributed by atoms with Crippen LogP contribution in [-0.4, -0.2) is 25.8 Å². The number of rotatable bonds is 8. The maximum atomic E-state index is 13.6. The summed E-state index contributed by atoms with van der Waals surface area (Å²) in [5.74, 6) is -1.23. The minimum atomic E-state index is -3.49. The molecular weight excluding hydrogens is 357 g/mol. The molecule has 0 aliphatic heterocycles. The molecule has 0 fully saturated rings. The number of aliphatic hydroxyl groups is 1. The molecule has 2 aromatic rings. The molecule has 4 nitrogen and oxygen atoms in total. The topological polar surface area (TPSA) is 49.8 Å². The molecule has 0 heterocycles. The molecule has 2 rings (SSSR count). The Morgan fingerprint density at radius 2 is 1.72 bits per heavy atom. The Kier molecular flexibility index (Phi) is 7.09. The molecule has 0 aromatic heterocycles. The van der Waals surface area contributed by atoms with Crippen LogP contribution >= 0.6 is 19.0 Å². The Morgan fingerprint density at radius 1 is 1.12 bits per heavy atom. The van der Waals surface area contributed by atoms with E-state index in [2.05, 4.69) is 0 Å². The predicted octanol–water partition coefficient (Wildman–Crippen LogP) is 4.82. The van der Waals surface area contributed by atoms with Crippen molar-refractivity contribution in [2.75, 3.05) is 25.6 Å². The van der Waals surface area contributed by atoms with Crippen LogP contribution in [0.1, 0.15) is 31.2 Å². The lowest BCUT2D eigenvalue weighted by atomic mass is 10.2. The predicted molar refractivity (Wildman–Crippen MR) is 105 cm³/mol. The fourth-order valence-electron chi connectivity index (χ4n) is 2.42. The summed E-state index contributed by atoms with van der Waals surface area (Å²) in [5, 5.41) is 11.9. The molecule has 0 saturated heterocycles. The van der Waals surface area contributed by atoms with Gasteiger partial charge in [-0.05, 0) is 48.4 Å². The third-order valence-electron chi connectivity index (χ3n) is 4.00. The number of nitrogens with zero attached hydrogens (tertiary/aromatic N) is 1. The van der Waals surface area contributed by atoms with Crippen LogP contribution in [0.5, 0.6) is 0 Å². The zero-order valence-corrected chi connectivity index (χ0v) is 16.5. The first-order valence-corrected chi connectivity index (χ1v) is 10.4. The van der Waals surface area contributed by atoms with E-state index in [0.29, 0.717) is 22.5 Å². The summed E-state index contributed by atoms with van der Waals surface area (Å²) < 4.78 is 19.4. The van der Waals surface area contributed by atoms with Crippen molar-refractivity contribution < 1.29 is 14.2 Å². The van der Waals surface area contributed by atoms with E-state index in [0.717, 1.165) is 18.5 Å². The molecule has 0 radical (unpaired) electrons. The van der Waals surface area contributed by atoms with Gasteiger partial charge in [-0.25, -0.2) is 0 Å². The van der Waals surface area contributed by atoms with Crippen LogP contribution in [0.25, 0.3) is 0 Å². The SMILES string of the molecule is CCCCOP(=O)(c1ccc(N(C)C)cc1)C(O)c1ccc(Cl)cc1. The van der Waals surface area contributed by atoms with Crippen molar-refractivity contribution in [2.45, 2.75) is 25.6 Å². The first-order valence-electron chi connectivity index (χ1n) is 8.34. The molecule has 0 saturated carbocycles. The largest absolute Gasteiger partial charge is 0.378 e. The van der Waals surface area contributed by atoms with E-state index >= 15 is 0 Å². The average Bonchev–Trinajstić information content (AvgIpc) is 2.62. The summed E-state index contributed by atoms with van der Waals surface area (Å²) >= 11 is 5.91. The third kappa shape index (κ3) is 4.86. The van der Waals surface area contributed by atoms with Crippen molar-refractivity contribution in [3.8, 4) is 0 Å². The van der Waals surface area contributed by atoms with Crippen LogP contribution in [0.15, 0.2) is 48.5 Å². The normalized spacial score (nSPS) is 14.8. The van der Waals surface area contributed by atoms with E-state index in [1.165, 1.54) is 0 Å². The van der Waals surface area contributed by atoms with Crippen LogP contribution < -0.4 is 10.2 Å². The monoisotopic (exact) mass is 381 g/mol. The lowest BCUT2D eigenvalue weighted by Crippen LogP contribution is -2.16. The van der Waals surface area contributed by atoms with Gasteiger partial charge >= 0.3 is 0 Å². The minimum absolute atomic E-state index is 0.341. The van der Waals surface area contributed by atoms with Crippen molar-refractivity contribution in [2.24, 2.45) is 0 Å². The van der Waals surface area contributed by atoms with Gasteiger partial charge in [-0.1, -0.05) is 37.1 Å². The zero-order valence-electron chi connectivity index (χ0n) is 14.9. The number of halogens is 1. The Morgan fingerprint density at radius 3 is 2.24 bits per heavy atom. The Hall–Kier alpha value is -1.32. The van der Waals surface area contributed by atoms with Gasteiger partial charge in [-0.15, -0.1) is 0 Å². The van der Waals surface area contributed by atoms with E-state index in [-0.39, 0.29) is 0 Å². The van der Waals surface area contributed by atoms with Crippen LogP contribution in [-0.2, 0) is 9.09 Å². The molecule has 0 bridgehead atoms. The van der Waals surface area contributed by atoms with Crippen LogP contribution in [0.4, 0.5) is 5.69 Å². The van der Waals surface area contributed by atoms with Gasteiger partial charge < -0.3 is 14.5 Å². The molecule has 1 N–H and O–H groups in total. The summed E-state index contributed by atoms with van der Waals surface area (Å²) in [6, 6.07) is 14.0. The Balaban J connectivity index is 2.38. The highest BCUT2D eigenvalue weighted by molar-refractivity contribution is 7.67. The number of unbranched alkanes of at least 4 members (excludes halogenated alkanes) is 1. The maximum Gasteiger partial charge on any atom is 0.264 e. The third-order valence-corrected chi connectivity index (χ3v) is 6.78. The van der Waals surface area contributed by atoms with E-state index < -0.39 is 13.2 Å². The van der Waals surface area contributed by atoms with E-state index in [9.17, 15) is 9.67 Å². The molecule has 25 heavy (non-hydrogen) atoms. The standard InChI is InChI=1S/C19H25ClNO3P/c1-4-5-14-24-25(23,18-12-10-17(11-13-18)21(2)3)19(22)15-6-8-16(20)9-7-15/h6-13,19,22H,4-5,14H2,1-3H3. The smallest absolute Gasteiger partial charge is 0.264 e. The second kappa shape index (κ2) is 8.86. The number of benzene rings is 2. The van der Waals surface area contributed by atoms with Crippen LogP contribution in [0, 0.1) is 0 Å². The second-order valence-electron chi connectivity index (χ2n) is 6.12. The van der Waals surface area contributed by atoms with Crippen molar-refractivity contribution in [1.29, 1.82) is 0 Å². The van der Waals surface area contributed by atoms with Crippen molar-refractivity contribution in [3.63, 3.8) is 0 Å². The van der Waals surface area contributed by atoms with Crippen molar-refractivity contribution in [1.82, 2.24) is 0 Å². The molecule has 136 valence electrons. The van der Waals surface area contributed by atoms with Crippen LogP contribution in [0.3, 0.4) is 0 Å². The first-order chi connectivity index (χ1) is 11.9. The molecule has 0 amide bonds. The van der Waals surface area contributed by atoms with Gasteiger partial charge in [0.05, 0.1) is 6.61 Å². The van der Waals surface area contributed by atoms with E-state index in [4.69, 9.17) is 16.1 Å². The molecule has 2 aromatic carbocycles. The quantitative estimate of drug-likeness (QED) is 0.526. The van der Waals surface area contributed by atoms with Gasteiger partial charge in [0.25, 0.3) is 7.37 Å². The molecule has 0 aliphatic carbocycles. The zero-order chi connectivity index (χ0) is 18.4. The van der Waals surface area contributed by atoms with Crippen molar-refractivity contribution in [3.05, 3.63) is 59.1 Å². The van der Waals surface area contributed by atoms with Gasteiger partial charge in [-0.3, -0.25) is 4.57 Å². The summed E-state index contributed by atoms with van der Waals surface area (Å²) in [5.41, 5.74) is 1.52. The van der Waals surface area contributed by atoms with Crippen LogP contribution in [0.2, 0.25) is 5.02 Å². The van der Waals surface area contributed by atoms with Gasteiger partial charge in [0.1, 0.15) is 0 Å². The average molecular weight is 382 g/mol. The van der Waals surface area contributed by atoms with Crippen molar-refractivity contribution >= 4 is 30.0 Å². The molecule has 0 aliphatic rings. The fourth-order valence-corrected chi connectivity index (χ4v) is 4.65. The number of aliphatic hydroxyl groups excluding tert-OH is 1. The molecular formula is C19H25ClNO3P. The minimum Gasteiger partial charge on any atom is -0.378 e. The lowest BCUT2D eigenvalue weighted by Gasteiger charge is -2.25. The highest BCUT2D eigenvalue weighted by Crippen LogP contribution is 2.57. The summed E-state index contributed by atoms with van der Waals surface area (Å²) in [6.07, 6.45) is 1.71. The Bertz CT molecular complexity index is 716. The highest BCUT2D eigenvalue weighted by atomic mass is 35.5. The van der Waals surface area contributed by atoms with E-state index in [1.54, 1.807) is 36.4 Å². The van der Waals surface area contributed by atoms with Gasteiger partial charge in [0, 0.05) is 30.1 Å². The Labute approximate surface area is 154 Å². The molecule has 6 heteroatoms. The maximum absolute atomic E-state index is 13.6. The molecule has 0 spiro atoms. The number of hydrogen-bond donors (Lipinski definition) is 1. The van der Waals surface area contributed by atoms with Gasteiger partial charge in [0.15, 0.2) is 5.85 Å². The second-order valence-corrected chi connectivity index (χ2v) is 9.01.